The molecule has 9 heteroatoms. The fourth-order valence-electron chi connectivity index (χ4n) is 3.64. The van der Waals surface area contributed by atoms with Gasteiger partial charge < -0.3 is 15.5 Å². The van der Waals surface area contributed by atoms with Crippen LogP contribution in [0.4, 0.5) is 5.69 Å². The van der Waals surface area contributed by atoms with Crippen LogP contribution >= 0.6 is 0 Å². The zero-order chi connectivity index (χ0) is 20.7. The van der Waals surface area contributed by atoms with Crippen LogP contribution < -0.4 is 16.4 Å². The molecule has 1 aromatic heterocycles. The first-order valence-electron chi connectivity index (χ1n) is 9.28. The number of nitrogens with one attached hydrogen (secondary N) is 2. The summed E-state index contributed by atoms with van der Waals surface area (Å²) in [5.41, 5.74) is 7.24. The second-order valence-corrected chi connectivity index (χ2v) is 7.18. The number of hydrogen-bond donors (Lipinski definition) is 3. The van der Waals surface area contributed by atoms with E-state index in [1.54, 1.807) is 36.6 Å². The van der Waals surface area contributed by atoms with Crippen LogP contribution in [0.3, 0.4) is 0 Å². The van der Waals surface area contributed by atoms with Crippen molar-refractivity contribution in [2.24, 2.45) is 5.73 Å². The summed E-state index contributed by atoms with van der Waals surface area (Å²) in [5, 5.41) is 5.39. The van der Waals surface area contributed by atoms with E-state index in [2.05, 4.69) is 10.6 Å². The lowest BCUT2D eigenvalue weighted by atomic mass is 10.0. The van der Waals surface area contributed by atoms with Gasteiger partial charge in [-0.2, -0.15) is 0 Å². The Balaban J connectivity index is 1.54. The van der Waals surface area contributed by atoms with E-state index in [1.807, 2.05) is 6.92 Å². The molecule has 1 aromatic carbocycles. The van der Waals surface area contributed by atoms with Gasteiger partial charge in [0.05, 0.1) is 23.4 Å². The van der Waals surface area contributed by atoms with Crippen molar-refractivity contribution in [2.45, 2.75) is 37.9 Å². The van der Waals surface area contributed by atoms with E-state index in [9.17, 15) is 19.2 Å². The fraction of sp³-hybridized carbons (Fsp3) is 0.300. The number of nitrogens with two attached hydrogens (primary N) is 1. The molecule has 4 rings (SSSR count). The minimum atomic E-state index is -0.984. The molecule has 0 radical (unpaired) electrons. The van der Waals surface area contributed by atoms with E-state index in [0.717, 1.165) is 4.90 Å². The van der Waals surface area contributed by atoms with Crippen LogP contribution in [0, 0.1) is 0 Å². The number of amides is 4. The average Bonchev–Trinajstić information content (AvgIpc) is 3.30. The summed E-state index contributed by atoms with van der Waals surface area (Å²) >= 11 is 0. The van der Waals surface area contributed by atoms with Gasteiger partial charge in [-0.1, -0.05) is 0 Å². The molecule has 1 saturated heterocycles. The molecule has 2 aromatic rings. The lowest BCUT2D eigenvalue weighted by molar-refractivity contribution is -0.136. The molecule has 3 unspecified atom stereocenters. The molecule has 0 saturated carbocycles. The SMILES string of the molecule is CC(Nc1ccc2c(c1)C(=O)N(C1CCC(=O)NC1=O)C2=O)C(N)c1ccco1. The highest BCUT2D eigenvalue weighted by molar-refractivity contribution is 6.23. The Morgan fingerprint density at radius 1 is 1.17 bits per heavy atom. The Hall–Kier alpha value is -3.46. The molecule has 2 aliphatic rings. The van der Waals surface area contributed by atoms with E-state index in [0.29, 0.717) is 11.4 Å². The average molecular weight is 396 g/mol. The number of fused-ring (bicyclic) bond motifs is 1. The van der Waals surface area contributed by atoms with Gasteiger partial charge in [-0.05, 0) is 43.7 Å². The van der Waals surface area contributed by atoms with Crippen LogP contribution in [-0.4, -0.2) is 40.6 Å². The van der Waals surface area contributed by atoms with Crippen LogP contribution in [-0.2, 0) is 9.59 Å². The number of imide groups is 2. The molecule has 4 N–H and O–H groups in total. The zero-order valence-electron chi connectivity index (χ0n) is 15.7. The number of benzene rings is 1. The Morgan fingerprint density at radius 3 is 2.62 bits per heavy atom. The van der Waals surface area contributed by atoms with E-state index < -0.39 is 35.7 Å². The molecule has 29 heavy (non-hydrogen) atoms. The fourth-order valence-corrected chi connectivity index (χ4v) is 3.64. The van der Waals surface area contributed by atoms with Gasteiger partial charge in [-0.3, -0.25) is 29.4 Å². The molecule has 3 atom stereocenters. The van der Waals surface area contributed by atoms with Crippen molar-refractivity contribution in [3.8, 4) is 0 Å². The van der Waals surface area contributed by atoms with Gasteiger partial charge in [0.1, 0.15) is 11.8 Å². The maximum atomic E-state index is 12.9. The number of carbonyl (C=O) groups excluding carboxylic acids is 4. The first-order chi connectivity index (χ1) is 13.9. The summed E-state index contributed by atoms with van der Waals surface area (Å²) in [6.45, 7) is 1.88. The lowest BCUT2D eigenvalue weighted by Crippen LogP contribution is -2.54. The van der Waals surface area contributed by atoms with Gasteiger partial charge in [0.25, 0.3) is 11.8 Å². The van der Waals surface area contributed by atoms with Crippen molar-refractivity contribution < 1.29 is 23.6 Å². The van der Waals surface area contributed by atoms with Crippen molar-refractivity contribution in [2.75, 3.05) is 5.32 Å². The van der Waals surface area contributed by atoms with Gasteiger partial charge in [0, 0.05) is 18.2 Å². The molecule has 3 heterocycles. The monoisotopic (exact) mass is 396 g/mol. The topological polar surface area (TPSA) is 135 Å². The van der Waals surface area contributed by atoms with Crippen molar-refractivity contribution in [3.05, 3.63) is 53.5 Å². The number of hydrogen-bond acceptors (Lipinski definition) is 7. The molecule has 4 amide bonds. The molecule has 0 bridgehead atoms. The van der Waals surface area contributed by atoms with Crippen molar-refractivity contribution in [1.29, 1.82) is 0 Å². The Kier molecular flexibility index (Phi) is 4.67. The molecule has 2 aliphatic heterocycles. The summed E-state index contributed by atoms with van der Waals surface area (Å²) < 4.78 is 5.33. The predicted molar refractivity (Wildman–Crippen MR) is 102 cm³/mol. The smallest absolute Gasteiger partial charge is 0.262 e. The number of nitrogens with zero attached hydrogens (tertiary/aromatic N) is 1. The minimum absolute atomic E-state index is 0.0821. The second kappa shape index (κ2) is 7.17. The summed E-state index contributed by atoms with van der Waals surface area (Å²) in [7, 11) is 0. The molecule has 0 aliphatic carbocycles. The molecule has 0 spiro atoms. The summed E-state index contributed by atoms with van der Waals surface area (Å²) in [5.74, 6) is -1.50. The lowest BCUT2D eigenvalue weighted by Gasteiger charge is -2.27. The third-order valence-corrected chi connectivity index (χ3v) is 5.24. The summed E-state index contributed by atoms with van der Waals surface area (Å²) in [6, 6.07) is 6.75. The van der Waals surface area contributed by atoms with Crippen LogP contribution in [0.15, 0.2) is 41.0 Å². The minimum Gasteiger partial charge on any atom is -0.468 e. The molecule has 150 valence electrons. The zero-order valence-corrected chi connectivity index (χ0v) is 15.7. The number of rotatable bonds is 5. The van der Waals surface area contributed by atoms with Crippen molar-refractivity contribution in [1.82, 2.24) is 10.2 Å². The van der Waals surface area contributed by atoms with E-state index in [1.165, 1.54) is 0 Å². The molecule has 9 nitrogen and oxygen atoms in total. The predicted octanol–water partition coefficient (Wildman–Crippen LogP) is 1.18. The second-order valence-electron chi connectivity index (χ2n) is 7.18. The van der Waals surface area contributed by atoms with Gasteiger partial charge in [-0.15, -0.1) is 0 Å². The van der Waals surface area contributed by atoms with Crippen LogP contribution in [0.5, 0.6) is 0 Å². The number of furan rings is 1. The Bertz CT molecular complexity index is 1000. The van der Waals surface area contributed by atoms with E-state index in [-0.39, 0.29) is 30.0 Å². The largest absolute Gasteiger partial charge is 0.468 e. The number of carbonyl (C=O) groups is 4. The maximum absolute atomic E-state index is 12.9. The van der Waals surface area contributed by atoms with Gasteiger partial charge in [0.2, 0.25) is 11.8 Å². The van der Waals surface area contributed by atoms with Crippen LogP contribution in [0.1, 0.15) is 52.3 Å². The summed E-state index contributed by atoms with van der Waals surface area (Å²) in [6.07, 6.45) is 1.75. The molecular weight excluding hydrogens is 376 g/mol. The highest BCUT2D eigenvalue weighted by atomic mass is 16.3. The Labute approximate surface area is 166 Å². The van der Waals surface area contributed by atoms with Crippen LogP contribution in [0.25, 0.3) is 0 Å². The first kappa shape index (κ1) is 18.9. The standard InChI is InChI=1S/C20H20N4O5/c1-10(17(21)15-3-2-8-29-15)22-11-4-5-12-13(9-11)20(28)24(19(12)27)14-6-7-16(25)23-18(14)26/h2-5,8-10,14,17,22H,6-7,21H2,1H3,(H,23,25,26). The third kappa shape index (κ3) is 3.29. The molecular formula is C20H20N4O5. The van der Waals surface area contributed by atoms with Crippen molar-refractivity contribution >= 4 is 29.3 Å². The molecule has 1 fully saturated rings. The maximum Gasteiger partial charge on any atom is 0.262 e. The third-order valence-electron chi connectivity index (χ3n) is 5.24. The van der Waals surface area contributed by atoms with Crippen molar-refractivity contribution in [3.63, 3.8) is 0 Å². The summed E-state index contributed by atoms with van der Waals surface area (Å²) in [4.78, 5) is 50.0. The van der Waals surface area contributed by atoms with Gasteiger partial charge >= 0.3 is 0 Å². The van der Waals surface area contributed by atoms with Gasteiger partial charge in [-0.25, -0.2) is 0 Å². The van der Waals surface area contributed by atoms with E-state index >= 15 is 0 Å². The quantitative estimate of drug-likeness (QED) is 0.646. The first-order valence-corrected chi connectivity index (χ1v) is 9.28. The highest BCUT2D eigenvalue weighted by Crippen LogP contribution is 2.30. The van der Waals surface area contributed by atoms with Crippen LogP contribution in [0.2, 0.25) is 0 Å². The number of piperidine rings is 1. The van der Waals surface area contributed by atoms with E-state index in [4.69, 9.17) is 10.2 Å². The highest BCUT2D eigenvalue weighted by Gasteiger charge is 2.44. The Morgan fingerprint density at radius 2 is 1.93 bits per heavy atom. The van der Waals surface area contributed by atoms with Gasteiger partial charge in [0.15, 0.2) is 0 Å². The number of anilines is 1. The normalized spacial score (nSPS) is 21.0.